The van der Waals surface area contributed by atoms with Gasteiger partial charge in [0.25, 0.3) is 0 Å². The second kappa shape index (κ2) is 12.8. The summed E-state index contributed by atoms with van der Waals surface area (Å²) in [4.78, 5) is 0. The standard InChI is InChI=1S/C23H36F2O3/c1-7-18-11-13-20(27-14-18)15-28-19(8-2)12-10-16(4)21(9-3)23(25)22(24)17(5)26-6/h10,12,18,20H,7-9,11,13-15H2,1-6H3/b16-10+,19-12+,22-17-,23-21-. The molecule has 1 aliphatic rings. The zero-order chi connectivity index (χ0) is 21.1. The highest BCUT2D eigenvalue weighted by Crippen LogP contribution is 2.28. The van der Waals surface area contributed by atoms with Crippen LogP contribution < -0.4 is 0 Å². The molecule has 160 valence electrons. The topological polar surface area (TPSA) is 27.7 Å². The van der Waals surface area contributed by atoms with Crippen molar-refractivity contribution < 1.29 is 23.0 Å². The lowest BCUT2D eigenvalue weighted by Gasteiger charge is -2.28. The van der Waals surface area contributed by atoms with Crippen molar-refractivity contribution in [1.29, 1.82) is 0 Å². The lowest BCUT2D eigenvalue weighted by molar-refractivity contribution is -0.0503. The maximum atomic E-state index is 14.5. The summed E-state index contributed by atoms with van der Waals surface area (Å²) in [5, 5.41) is 0. The molecule has 0 amide bonds. The SMILES string of the molecule is CCC(=C(F)\C(F)=C(/C)OC)/C(C)=C/C=C(\CC)OCC1CCC(CC)CO1. The lowest BCUT2D eigenvalue weighted by atomic mass is 9.96. The first-order valence-electron chi connectivity index (χ1n) is 10.3. The van der Waals surface area contributed by atoms with E-state index in [0.29, 0.717) is 30.1 Å². The first-order chi connectivity index (χ1) is 13.4. The van der Waals surface area contributed by atoms with Crippen LogP contribution in [-0.4, -0.2) is 26.4 Å². The molecule has 0 saturated carbocycles. The second-order valence-corrected chi connectivity index (χ2v) is 7.17. The molecule has 2 unspecified atom stereocenters. The molecule has 0 radical (unpaired) electrons. The summed E-state index contributed by atoms with van der Waals surface area (Å²) in [6.07, 6.45) is 8.19. The number of hydrogen-bond donors (Lipinski definition) is 0. The molecule has 0 aromatic carbocycles. The Bertz CT molecular complexity index is 609. The Balaban J connectivity index is 2.81. The Labute approximate surface area is 169 Å². The zero-order valence-electron chi connectivity index (χ0n) is 18.2. The van der Waals surface area contributed by atoms with Gasteiger partial charge in [-0.1, -0.05) is 33.3 Å². The minimum Gasteiger partial charge on any atom is -0.498 e. The van der Waals surface area contributed by atoms with Crippen LogP contribution in [0.15, 0.2) is 46.5 Å². The Morgan fingerprint density at radius 1 is 1.04 bits per heavy atom. The molecule has 0 aromatic rings. The van der Waals surface area contributed by atoms with Crippen molar-refractivity contribution in [1.82, 2.24) is 0 Å². The molecule has 5 heteroatoms. The lowest BCUT2D eigenvalue weighted by Crippen LogP contribution is -2.29. The minimum atomic E-state index is -0.956. The van der Waals surface area contributed by atoms with Gasteiger partial charge in [0, 0.05) is 13.0 Å². The maximum absolute atomic E-state index is 14.5. The highest BCUT2D eigenvalue weighted by Gasteiger charge is 2.21. The van der Waals surface area contributed by atoms with Crippen LogP contribution in [0.4, 0.5) is 8.78 Å². The van der Waals surface area contributed by atoms with E-state index < -0.39 is 11.7 Å². The van der Waals surface area contributed by atoms with Crippen molar-refractivity contribution in [2.75, 3.05) is 20.3 Å². The zero-order valence-corrected chi connectivity index (χ0v) is 18.2. The molecule has 0 bridgehead atoms. The van der Waals surface area contributed by atoms with E-state index in [4.69, 9.17) is 14.2 Å². The van der Waals surface area contributed by atoms with Crippen LogP contribution in [0, 0.1) is 5.92 Å². The summed E-state index contributed by atoms with van der Waals surface area (Å²) < 4.78 is 45.1. The smallest absolute Gasteiger partial charge is 0.196 e. The summed E-state index contributed by atoms with van der Waals surface area (Å²) in [7, 11) is 1.32. The van der Waals surface area contributed by atoms with Gasteiger partial charge in [-0.2, -0.15) is 0 Å². The van der Waals surface area contributed by atoms with Crippen molar-refractivity contribution in [3.05, 3.63) is 46.5 Å². The molecule has 0 aromatic heterocycles. The van der Waals surface area contributed by atoms with E-state index in [1.807, 2.05) is 13.0 Å². The van der Waals surface area contributed by atoms with Crippen molar-refractivity contribution in [3.63, 3.8) is 0 Å². The molecule has 0 spiro atoms. The number of ether oxygens (including phenoxy) is 3. The molecule has 2 atom stereocenters. The van der Waals surface area contributed by atoms with Crippen molar-refractivity contribution in [3.8, 4) is 0 Å². The van der Waals surface area contributed by atoms with E-state index >= 15 is 0 Å². The molecule has 28 heavy (non-hydrogen) atoms. The fourth-order valence-electron chi connectivity index (χ4n) is 3.08. The molecule has 1 aliphatic heterocycles. The van der Waals surface area contributed by atoms with Crippen LogP contribution >= 0.6 is 0 Å². The summed E-state index contributed by atoms with van der Waals surface area (Å²) in [5.41, 5.74) is 0.982. The van der Waals surface area contributed by atoms with Gasteiger partial charge in [-0.3, -0.25) is 0 Å². The van der Waals surface area contributed by atoms with Crippen molar-refractivity contribution in [2.24, 2.45) is 5.92 Å². The summed E-state index contributed by atoms with van der Waals surface area (Å²) in [6, 6.07) is 0. The fraction of sp³-hybridized carbons (Fsp3) is 0.652. The van der Waals surface area contributed by atoms with Gasteiger partial charge in [0.2, 0.25) is 0 Å². The first-order valence-corrected chi connectivity index (χ1v) is 10.3. The van der Waals surface area contributed by atoms with Crippen LogP contribution in [0.2, 0.25) is 0 Å². The van der Waals surface area contributed by atoms with E-state index in [2.05, 4.69) is 6.92 Å². The highest BCUT2D eigenvalue weighted by atomic mass is 19.2. The number of rotatable bonds is 10. The van der Waals surface area contributed by atoms with Crippen LogP contribution in [0.5, 0.6) is 0 Å². The van der Waals surface area contributed by atoms with Crippen LogP contribution in [0.3, 0.4) is 0 Å². The molecule has 1 rings (SSSR count). The average molecular weight is 399 g/mol. The van der Waals surface area contributed by atoms with Gasteiger partial charge in [-0.15, -0.1) is 0 Å². The molecule has 0 aliphatic carbocycles. The van der Waals surface area contributed by atoms with Gasteiger partial charge >= 0.3 is 0 Å². The molecule has 1 fully saturated rings. The summed E-state index contributed by atoms with van der Waals surface area (Å²) in [6.45, 7) is 10.5. The van der Waals surface area contributed by atoms with Crippen LogP contribution in [-0.2, 0) is 14.2 Å². The highest BCUT2D eigenvalue weighted by molar-refractivity contribution is 5.40. The van der Waals surface area contributed by atoms with Gasteiger partial charge in [-0.05, 0) is 56.3 Å². The number of allylic oxidation sites excluding steroid dienone is 8. The predicted molar refractivity (Wildman–Crippen MR) is 110 cm³/mol. The normalized spacial score (nSPS) is 23.1. The average Bonchev–Trinajstić information content (AvgIpc) is 2.73. The molecule has 0 N–H and O–H groups in total. The number of hydrogen-bond acceptors (Lipinski definition) is 3. The van der Waals surface area contributed by atoms with E-state index in [9.17, 15) is 8.78 Å². The minimum absolute atomic E-state index is 0.0674. The third kappa shape index (κ3) is 7.42. The van der Waals surface area contributed by atoms with Gasteiger partial charge < -0.3 is 14.2 Å². The van der Waals surface area contributed by atoms with Gasteiger partial charge in [0.1, 0.15) is 12.4 Å². The maximum Gasteiger partial charge on any atom is 0.196 e. The number of halogens is 2. The van der Waals surface area contributed by atoms with E-state index in [-0.39, 0.29) is 11.9 Å². The Morgan fingerprint density at radius 3 is 2.25 bits per heavy atom. The Kier molecular flexibility index (Phi) is 11.1. The molecule has 1 heterocycles. The van der Waals surface area contributed by atoms with Gasteiger partial charge in [-0.25, -0.2) is 8.78 Å². The van der Waals surface area contributed by atoms with E-state index in [1.165, 1.54) is 20.5 Å². The van der Waals surface area contributed by atoms with Crippen molar-refractivity contribution in [2.45, 2.75) is 72.8 Å². The van der Waals surface area contributed by atoms with Crippen LogP contribution in [0.25, 0.3) is 0 Å². The molecule has 1 saturated heterocycles. The fourth-order valence-corrected chi connectivity index (χ4v) is 3.08. The van der Waals surface area contributed by atoms with Gasteiger partial charge in [0.05, 0.1) is 19.0 Å². The summed E-state index contributed by atoms with van der Waals surface area (Å²) >= 11 is 0. The molecular weight excluding hydrogens is 362 g/mol. The third-order valence-electron chi connectivity index (χ3n) is 5.27. The molecule has 3 nitrogen and oxygen atoms in total. The Hall–Kier alpha value is -1.62. The molecular formula is C23H36F2O3. The van der Waals surface area contributed by atoms with E-state index in [1.54, 1.807) is 19.9 Å². The van der Waals surface area contributed by atoms with Crippen molar-refractivity contribution >= 4 is 0 Å². The first kappa shape index (κ1) is 24.4. The monoisotopic (exact) mass is 398 g/mol. The number of methoxy groups -OCH3 is 1. The van der Waals surface area contributed by atoms with Crippen LogP contribution in [0.1, 0.15) is 66.7 Å². The summed E-state index contributed by atoms with van der Waals surface area (Å²) in [5.74, 6) is -0.428. The Morgan fingerprint density at radius 2 is 1.75 bits per heavy atom. The van der Waals surface area contributed by atoms with Gasteiger partial charge in [0.15, 0.2) is 11.7 Å². The quantitative estimate of drug-likeness (QED) is 0.295. The third-order valence-corrected chi connectivity index (χ3v) is 5.27. The van der Waals surface area contributed by atoms with E-state index in [0.717, 1.165) is 31.6 Å². The predicted octanol–water partition coefficient (Wildman–Crippen LogP) is 6.93. The largest absolute Gasteiger partial charge is 0.498 e. The second-order valence-electron chi connectivity index (χ2n) is 7.17.